The lowest BCUT2D eigenvalue weighted by Crippen LogP contribution is -2.21. The van der Waals surface area contributed by atoms with Gasteiger partial charge in [-0.2, -0.15) is 5.10 Å². The van der Waals surface area contributed by atoms with E-state index in [2.05, 4.69) is 10.3 Å². The molecule has 0 aliphatic heterocycles. The van der Waals surface area contributed by atoms with Crippen molar-refractivity contribution in [3.8, 4) is 16.9 Å². The van der Waals surface area contributed by atoms with Crippen LogP contribution in [0.4, 0.5) is 0 Å². The van der Waals surface area contributed by atoms with Gasteiger partial charge in [0.15, 0.2) is 0 Å². The van der Waals surface area contributed by atoms with E-state index in [0.29, 0.717) is 29.3 Å². The normalized spacial score (nSPS) is 11.2. The van der Waals surface area contributed by atoms with Gasteiger partial charge in [0.05, 0.1) is 5.69 Å². The Bertz CT molecular complexity index is 1430. The molecule has 0 atom stereocenters. The number of hydrogen-bond acceptors (Lipinski definition) is 3. The molecule has 158 valence electrons. The quantitative estimate of drug-likeness (QED) is 0.375. The third kappa shape index (κ3) is 4.08. The summed E-state index contributed by atoms with van der Waals surface area (Å²) in [4.78, 5) is 16.0. The molecule has 0 fully saturated rings. The molecule has 0 aliphatic rings. The number of pyridine rings is 1. The molecule has 0 unspecified atom stereocenters. The summed E-state index contributed by atoms with van der Waals surface area (Å²) in [6, 6.07) is 29.4. The van der Waals surface area contributed by atoms with Crippen LogP contribution in [0.15, 0.2) is 95.8 Å². The first kappa shape index (κ1) is 20.2. The van der Waals surface area contributed by atoms with E-state index in [4.69, 9.17) is 16.7 Å². The zero-order valence-corrected chi connectivity index (χ0v) is 18.0. The van der Waals surface area contributed by atoms with Crippen molar-refractivity contribution >= 4 is 22.6 Å². The largest absolute Gasteiger partial charge is 0.308 e. The van der Waals surface area contributed by atoms with Crippen molar-refractivity contribution in [3.05, 3.63) is 117 Å². The van der Waals surface area contributed by atoms with E-state index in [1.165, 1.54) is 0 Å². The lowest BCUT2D eigenvalue weighted by Gasteiger charge is -2.07. The number of aromatic nitrogens is 3. The Hall–Kier alpha value is -3.67. The number of H-pyrrole nitrogens is 1. The number of halogens is 1. The third-order valence-electron chi connectivity index (χ3n) is 5.35. The van der Waals surface area contributed by atoms with Gasteiger partial charge in [-0.3, -0.25) is 4.79 Å². The summed E-state index contributed by atoms with van der Waals surface area (Å²) in [5.74, 6) is 0. The van der Waals surface area contributed by atoms with Crippen molar-refractivity contribution in [2.24, 2.45) is 0 Å². The minimum atomic E-state index is -0.132. The van der Waals surface area contributed by atoms with Crippen molar-refractivity contribution < 1.29 is 0 Å². The molecule has 0 saturated heterocycles. The average molecular weight is 441 g/mol. The van der Waals surface area contributed by atoms with E-state index >= 15 is 0 Å². The maximum atomic E-state index is 12.9. The molecule has 0 saturated carbocycles. The number of nitrogens with one attached hydrogen (secondary N) is 2. The first-order valence-corrected chi connectivity index (χ1v) is 10.8. The van der Waals surface area contributed by atoms with Gasteiger partial charge in [-0.1, -0.05) is 72.3 Å². The van der Waals surface area contributed by atoms with Crippen LogP contribution in [0.1, 0.15) is 11.1 Å². The molecule has 3 aromatic carbocycles. The van der Waals surface area contributed by atoms with Crippen molar-refractivity contribution in [1.29, 1.82) is 0 Å². The van der Waals surface area contributed by atoms with Gasteiger partial charge in [0, 0.05) is 34.6 Å². The highest BCUT2D eigenvalue weighted by molar-refractivity contribution is 6.30. The van der Waals surface area contributed by atoms with Crippen molar-refractivity contribution in [3.63, 3.8) is 0 Å². The molecule has 5 aromatic rings. The Balaban J connectivity index is 1.54. The van der Waals surface area contributed by atoms with Gasteiger partial charge < -0.3 is 10.3 Å². The maximum Gasteiger partial charge on any atom is 0.254 e. The molecule has 0 spiro atoms. The van der Waals surface area contributed by atoms with Gasteiger partial charge in [0.1, 0.15) is 11.3 Å². The Kier molecular flexibility index (Phi) is 5.58. The van der Waals surface area contributed by atoms with Crippen LogP contribution in [0, 0.1) is 0 Å². The second kappa shape index (κ2) is 8.83. The van der Waals surface area contributed by atoms with Crippen molar-refractivity contribution in [2.45, 2.75) is 13.1 Å². The van der Waals surface area contributed by atoms with E-state index in [1.807, 2.05) is 91.0 Å². The fourth-order valence-electron chi connectivity index (χ4n) is 3.80. The Morgan fingerprint density at radius 3 is 2.38 bits per heavy atom. The van der Waals surface area contributed by atoms with E-state index in [-0.39, 0.29) is 5.56 Å². The van der Waals surface area contributed by atoms with Gasteiger partial charge in [-0.15, -0.1) is 0 Å². The number of nitrogens with zero attached hydrogens (tertiary/aromatic N) is 2. The van der Waals surface area contributed by atoms with Gasteiger partial charge >= 0.3 is 0 Å². The summed E-state index contributed by atoms with van der Waals surface area (Å²) < 4.78 is 1.79. The summed E-state index contributed by atoms with van der Waals surface area (Å²) in [6.45, 7) is 1.05. The first-order chi connectivity index (χ1) is 15.7. The second-order valence-corrected chi connectivity index (χ2v) is 8.02. The fourth-order valence-corrected chi connectivity index (χ4v) is 4.01. The van der Waals surface area contributed by atoms with Crippen LogP contribution in [0.5, 0.6) is 0 Å². The van der Waals surface area contributed by atoms with Crippen LogP contribution >= 0.6 is 11.6 Å². The predicted octanol–water partition coefficient (Wildman–Crippen LogP) is 5.32. The molecule has 32 heavy (non-hydrogen) atoms. The van der Waals surface area contributed by atoms with Crippen LogP contribution in [-0.2, 0) is 13.1 Å². The number of benzene rings is 3. The van der Waals surface area contributed by atoms with E-state index in [0.717, 1.165) is 27.9 Å². The minimum Gasteiger partial charge on any atom is -0.308 e. The molecule has 0 amide bonds. The highest BCUT2D eigenvalue weighted by atomic mass is 35.5. The third-order valence-corrected chi connectivity index (χ3v) is 5.58. The number of rotatable bonds is 6. The summed E-state index contributed by atoms with van der Waals surface area (Å²) in [6.07, 6.45) is 0. The summed E-state index contributed by atoms with van der Waals surface area (Å²) in [7, 11) is 0. The number of fused-ring (bicyclic) bond motifs is 1. The van der Waals surface area contributed by atoms with Gasteiger partial charge in [-0.05, 0) is 35.9 Å². The Morgan fingerprint density at radius 2 is 1.62 bits per heavy atom. The zero-order chi connectivity index (χ0) is 21.9. The monoisotopic (exact) mass is 440 g/mol. The topological polar surface area (TPSA) is 62.7 Å². The van der Waals surface area contributed by atoms with Crippen molar-refractivity contribution in [1.82, 2.24) is 20.1 Å². The molecular formula is C26H21ClN4O. The average Bonchev–Trinajstić information content (AvgIpc) is 3.18. The first-order valence-electron chi connectivity index (χ1n) is 10.4. The molecule has 5 rings (SSSR count). The zero-order valence-electron chi connectivity index (χ0n) is 17.3. The molecule has 2 N–H and O–H groups in total. The Labute approximate surface area is 190 Å². The summed E-state index contributed by atoms with van der Waals surface area (Å²) >= 11 is 6.07. The molecule has 2 heterocycles. The molecule has 0 radical (unpaired) electrons. The predicted molar refractivity (Wildman–Crippen MR) is 129 cm³/mol. The SMILES string of the molecule is O=c1[nH]c2c(cc1CNCc1cccc(Cl)c1)c(-c1ccccc1)nn2-c1ccccc1. The second-order valence-electron chi connectivity index (χ2n) is 7.58. The molecule has 2 aromatic heterocycles. The van der Waals surface area contributed by atoms with Crippen LogP contribution in [0.2, 0.25) is 5.02 Å². The molecule has 0 aliphatic carbocycles. The maximum absolute atomic E-state index is 12.9. The number of hydrogen-bond donors (Lipinski definition) is 2. The standard InChI is InChI=1S/C26H21ClN4O/c27-21-11-7-8-18(14-21)16-28-17-20-15-23-24(19-9-3-1-4-10-19)30-31(25(23)29-26(20)32)22-12-5-2-6-13-22/h1-15,28H,16-17H2,(H,29,32). The van der Waals surface area contributed by atoms with Crippen LogP contribution in [0.3, 0.4) is 0 Å². The lowest BCUT2D eigenvalue weighted by molar-refractivity contribution is 0.688. The van der Waals surface area contributed by atoms with Gasteiger partial charge in [0.2, 0.25) is 0 Å². The highest BCUT2D eigenvalue weighted by Gasteiger charge is 2.16. The molecule has 0 bridgehead atoms. The van der Waals surface area contributed by atoms with E-state index in [1.54, 1.807) is 4.68 Å². The summed E-state index contributed by atoms with van der Waals surface area (Å²) in [5.41, 5.74) is 4.99. The van der Waals surface area contributed by atoms with Crippen molar-refractivity contribution in [2.75, 3.05) is 0 Å². The van der Waals surface area contributed by atoms with Crippen LogP contribution in [0.25, 0.3) is 28.0 Å². The van der Waals surface area contributed by atoms with Gasteiger partial charge in [0.25, 0.3) is 5.56 Å². The van der Waals surface area contributed by atoms with Gasteiger partial charge in [-0.25, -0.2) is 4.68 Å². The smallest absolute Gasteiger partial charge is 0.254 e. The molecular weight excluding hydrogens is 420 g/mol. The van der Waals surface area contributed by atoms with Crippen LogP contribution < -0.4 is 10.9 Å². The minimum absolute atomic E-state index is 0.132. The van der Waals surface area contributed by atoms with Crippen LogP contribution in [-0.4, -0.2) is 14.8 Å². The van der Waals surface area contributed by atoms with E-state index < -0.39 is 0 Å². The summed E-state index contributed by atoms with van der Waals surface area (Å²) in [5, 5.41) is 9.80. The number of aromatic amines is 1. The lowest BCUT2D eigenvalue weighted by atomic mass is 10.1. The highest BCUT2D eigenvalue weighted by Crippen LogP contribution is 2.28. The Morgan fingerprint density at radius 1 is 0.875 bits per heavy atom. The fraction of sp³-hybridized carbons (Fsp3) is 0.0769. The number of para-hydroxylation sites is 1. The van der Waals surface area contributed by atoms with E-state index in [9.17, 15) is 4.79 Å². The molecule has 6 heteroatoms. The molecule has 5 nitrogen and oxygen atoms in total.